The maximum Gasteiger partial charge on any atom is 0.0978 e. The summed E-state index contributed by atoms with van der Waals surface area (Å²) in [6.45, 7) is 4.80. The van der Waals surface area contributed by atoms with Crippen molar-refractivity contribution in [2.45, 2.75) is 32.4 Å². The van der Waals surface area contributed by atoms with Gasteiger partial charge in [-0.05, 0) is 37.0 Å². The summed E-state index contributed by atoms with van der Waals surface area (Å²) in [6, 6.07) is 18.6. The predicted octanol–water partition coefficient (Wildman–Crippen LogP) is 3.64. The van der Waals surface area contributed by atoms with E-state index in [9.17, 15) is 0 Å². The largest absolute Gasteiger partial charge is 0.372 e. The Labute approximate surface area is 121 Å². The molecule has 2 nitrogen and oxygen atoms in total. The van der Waals surface area contributed by atoms with Crippen molar-refractivity contribution in [3.05, 3.63) is 71.3 Å². The van der Waals surface area contributed by atoms with E-state index in [2.05, 4.69) is 43.3 Å². The van der Waals surface area contributed by atoms with Gasteiger partial charge in [-0.1, -0.05) is 54.6 Å². The summed E-state index contributed by atoms with van der Waals surface area (Å²) < 4.78 is 5.88. The lowest BCUT2D eigenvalue weighted by Crippen LogP contribution is -2.32. The van der Waals surface area contributed by atoms with Gasteiger partial charge in [0, 0.05) is 12.6 Å². The van der Waals surface area contributed by atoms with Gasteiger partial charge >= 0.3 is 0 Å². The van der Waals surface area contributed by atoms with E-state index >= 15 is 0 Å². The van der Waals surface area contributed by atoms with Gasteiger partial charge in [0.1, 0.15) is 0 Å². The Hall–Kier alpha value is -1.64. The molecule has 0 saturated heterocycles. The molecule has 0 heterocycles. The highest BCUT2D eigenvalue weighted by Gasteiger charge is 2.20. The molecule has 2 unspecified atom stereocenters. The average Bonchev–Trinajstić information content (AvgIpc) is 2.48. The van der Waals surface area contributed by atoms with Crippen molar-refractivity contribution in [3.63, 3.8) is 0 Å². The lowest BCUT2D eigenvalue weighted by Gasteiger charge is -2.25. The Balaban J connectivity index is 2.16. The van der Waals surface area contributed by atoms with Crippen molar-refractivity contribution in [3.8, 4) is 0 Å². The molecule has 2 atom stereocenters. The molecule has 2 aromatic rings. The lowest BCUT2D eigenvalue weighted by atomic mass is 9.94. The van der Waals surface area contributed by atoms with E-state index in [1.807, 2.05) is 25.1 Å². The van der Waals surface area contributed by atoms with Crippen molar-refractivity contribution in [1.82, 2.24) is 0 Å². The highest BCUT2D eigenvalue weighted by molar-refractivity contribution is 5.27. The summed E-state index contributed by atoms with van der Waals surface area (Å²) in [4.78, 5) is 0. The molecule has 2 aromatic carbocycles. The highest BCUT2D eigenvalue weighted by Crippen LogP contribution is 2.23. The fourth-order valence-corrected chi connectivity index (χ4v) is 2.49. The molecule has 106 valence electrons. The minimum absolute atomic E-state index is 0.0431. The number of rotatable bonds is 6. The van der Waals surface area contributed by atoms with Crippen LogP contribution in [0.5, 0.6) is 0 Å². The minimum Gasteiger partial charge on any atom is -0.372 e. The van der Waals surface area contributed by atoms with Crippen LogP contribution >= 0.6 is 0 Å². The summed E-state index contributed by atoms with van der Waals surface area (Å²) in [7, 11) is 0. The third kappa shape index (κ3) is 3.69. The molecule has 20 heavy (non-hydrogen) atoms. The first-order valence-electron chi connectivity index (χ1n) is 7.19. The van der Waals surface area contributed by atoms with Crippen LogP contribution < -0.4 is 5.73 Å². The van der Waals surface area contributed by atoms with E-state index in [0.29, 0.717) is 6.61 Å². The van der Waals surface area contributed by atoms with Gasteiger partial charge in [-0.15, -0.1) is 0 Å². The fraction of sp³-hybridized carbons (Fsp3) is 0.333. The Morgan fingerprint density at radius 2 is 1.65 bits per heavy atom. The molecule has 2 rings (SSSR count). The molecule has 0 aliphatic heterocycles. The van der Waals surface area contributed by atoms with Gasteiger partial charge in [-0.25, -0.2) is 0 Å². The van der Waals surface area contributed by atoms with Crippen LogP contribution in [-0.2, 0) is 11.2 Å². The van der Waals surface area contributed by atoms with Gasteiger partial charge in [0.25, 0.3) is 0 Å². The van der Waals surface area contributed by atoms with Crippen molar-refractivity contribution >= 4 is 0 Å². The van der Waals surface area contributed by atoms with Gasteiger partial charge in [0.15, 0.2) is 0 Å². The number of aryl methyl sites for hydroxylation is 1. The summed E-state index contributed by atoms with van der Waals surface area (Å²) in [5, 5.41) is 0. The molecule has 2 heteroatoms. The number of benzene rings is 2. The summed E-state index contributed by atoms with van der Waals surface area (Å²) >= 11 is 0. The topological polar surface area (TPSA) is 35.2 Å². The number of nitrogens with two attached hydrogens (primary N) is 1. The van der Waals surface area contributed by atoms with E-state index in [0.717, 1.165) is 12.0 Å². The zero-order valence-electron chi connectivity index (χ0n) is 12.3. The molecule has 0 amide bonds. The van der Waals surface area contributed by atoms with Crippen LogP contribution in [0.2, 0.25) is 0 Å². The van der Waals surface area contributed by atoms with E-state index in [-0.39, 0.29) is 12.1 Å². The van der Waals surface area contributed by atoms with Crippen molar-refractivity contribution in [2.24, 2.45) is 5.73 Å². The fourth-order valence-electron chi connectivity index (χ4n) is 2.49. The monoisotopic (exact) mass is 269 g/mol. The lowest BCUT2D eigenvalue weighted by molar-refractivity contribution is 0.0433. The second-order valence-electron chi connectivity index (χ2n) is 5.08. The summed E-state index contributed by atoms with van der Waals surface area (Å²) in [5.74, 6) is 0. The third-order valence-corrected chi connectivity index (χ3v) is 3.58. The Kier molecular flexibility index (Phi) is 5.33. The second-order valence-corrected chi connectivity index (χ2v) is 5.08. The Morgan fingerprint density at radius 1 is 1.00 bits per heavy atom. The van der Waals surface area contributed by atoms with E-state index in [4.69, 9.17) is 10.5 Å². The Bertz CT molecular complexity index is 524. The van der Waals surface area contributed by atoms with Crippen LogP contribution in [0, 0.1) is 6.92 Å². The van der Waals surface area contributed by atoms with Crippen LogP contribution in [0.1, 0.15) is 29.7 Å². The normalized spacial score (nSPS) is 13.9. The number of ether oxygens (including phenoxy) is 1. The van der Waals surface area contributed by atoms with E-state index in [1.165, 1.54) is 11.1 Å². The second kappa shape index (κ2) is 7.22. The molecule has 2 N–H and O–H groups in total. The first-order chi connectivity index (χ1) is 9.72. The van der Waals surface area contributed by atoms with E-state index < -0.39 is 0 Å². The van der Waals surface area contributed by atoms with E-state index in [1.54, 1.807) is 0 Å². The molecular weight excluding hydrogens is 246 g/mol. The van der Waals surface area contributed by atoms with Gasteiger partial charge in [-0.2, -0.15) is 0 Å². The quantitative estimate of drug-likeness (QED) is 0.869. The van der Waals surface area contributed by atoms with Gasteiger partial charge in [-0.3, -0.25) is 0 Å². The molecule has 0 saturated carbocycles. The molecule has 0 aliphatic rings. The standard InChI is InChI=1S/C18H23NO/c1-3-20-18(15-10-5-4-6-11-15)17(19)13-16-12-8-7-9-14(16)2/h4-12,17-18H,3,13,19H2,1-2H3. The summed E-state index contributed by atoms with van der Waals surface area (Å²) in [5.41, 5.74) is 10.1. The van der Waals surface area contributed by atoms with Crippen LogP contribution in [0.15, 0.2) is 54.6 Å². The van der Waals surface area contributed by atoms with Gasteiger partial charge in [0.05, 0.1) is 6.10 Å². The smallest absolute Gasteiger partial charge is 0.0978 e. The molecule has 0 spiro atoms. The highest BCUT2D eigenvalue weighted by atomic mass is 16.5. The molecule has 0 bridgehead atoms. The van der Waals surface area contributed by atoms with Crippen LogP contribution in [0.3, 0.4) is 0 Å². The Morgan fingerprint density at radius 3 is 2.30 bits per heavy atom. The van der Waals surface area contributed by atoms with Crippen LogP contribution in [0.4, 0.5) is 0 Å². The third-order valence-electron chi connectivity index (χ3n) is 3.58. The summed E-state index contributed by atoms with van der Waals surface area (Å²) in [6.07, 6.45) is 0.771. The van der Waals surface area contributed by atoms with Gasteiger partial charge in [0.2, 0.25) is 0 Å². The minimum atomic E-state index is -0.0548. The maximum atomic E-state index is 6.41. The van der Waals surface area contributed by atoms with Crippen molar-refractivity contribution in [1.29, 1.82) is 0 Å². The van der Waals surface area contributed by atoms with Gasteiger partial charge < -0.3 is 10.5 Å². The zero-order valence-corrected chi connectivity index (χ0v) is 12.3. The molecular formula is C18H23NO. The first-order valence-corrected chi connectivity index (χ1v) is 7.19. The molecule has 0 aromatic heterocycles. The van der Waals surface area contributed by atoms with Crippen molar-refractivity contribution in [2.75, 3.05) is 6.61 Å². The van der Waals surface area contributed by atoms with Crippen LogP contribution in [0.25, 0.3) is 0 Å². The van der Waals surface area contributed by atoms with Crippen molar-refractivity contribution < 1.29 is 4.74 Å². The average molecular weight is 269 g/mol. The predicted molar refractivity (Wildman–Crippen MR) is 83.7 cm³/mol. The number of hydrogen-bond donors (Lipinski definition) is 1. The first kappa shape index (κ1) is 14.8. The number of hydrogen-bond acceptors (Lipinski definition) is 2. The maximum absolute atomic E-state index is 6.41. The molecule has 0 radical (unpaired) electrons. The van der Waals surface area contributed by atoms with Crippen LogP contribution in [-0.4, -0.2) is 12.6 Å². The SMILES string of the molecule is CCOC(c1ccccc1)C(N)Cc1ccccc1C. The molecule has 0 aliphatic carbocycles. The molecule has 0 fully saturated rings. The zero-order chi connectivity index (χ0) is 14.4.